The fourth-order valence-corrected chi connectivity index (χ4v) is 5.64. The van der Waals surface area contributed by atoms with Crippen molar-refractivity contribution in [1.82, 2.24) is 19.9 Å². The van der Waals surface area contributed by atoms with Crippen LogP contribution in [-0.2, 0) is 6.42 Å². The highest BCUT2D eigenvalue weighted by Gasteiger charge is 2.12. The maximum Gasteiger partial charge on any atom is 0.109 e. The molecule has 2 N–H and O–H groups in total. The first kappa shape index (κ1) is 19.3. The molecule has 0 amide bonds. The molecule has 0 atom stereocenters. The van der Waals surface area contributed by atoms with Crippen LogP contribution in [0.4, 0.5) is 0 Å². The van der Waals surface area contributed by atoms with E-state index in [1.807, 2.05) is 23.7 Å². The molecule has 0 aliphatic carbocycles. The maximum absolute atomic E-state index is 4.54. The Bertz CT molecular complexity index is 1600. The molecule has 6 aromatic rings. The van der Waals surface area contributed by atoms with Gasteiger partial charge >= 0.3 is 0 Å². The molecule has 5 heteroatoms. The van der Waals surface area contributed by atoms with E-state index < -0.39 is 0 Å². The monoisotopic (exact) mass is 436 g/mol. The molecule has 4 nitrogen and oxygen atoms in total. The van der Waals surface area contributed by atoms with Crippen LogP contribution in [-0.4, -0.2) is 19.9 Å². The molecule has 0 saturated heterocycles. The van der Waals surface area contributed by atoms with Crippen LogP contribution in [0.15, 0.2) is 60.9 Å². The zero-order chi connectivity index (χ0) is 21.8. The number of nitrogens with one attached hydrogen (secondary N) is 2. The fraction of sp³-hybridized carbons (Fsp3) is 0.185. The van der Waals surface area contributed by atoms with Crippen molar-refractivity contribution in [3.63, 3.8) is 0 Å². The second-order valence-electron chi connectivity index (χ2n) is 8.63. The molecule has 3 heterocycles. The number of aromatic amines is 2. The lowest BCUT2D eigenvalue weighted by Crippen LogP contribution is -1.89. The number of rotatable bonds is 4. The Morgan fingerprint density at radius 2 is 1.53 bits per heavy atom. The topological polar surface area (TPSA) is 57.4 Å². The van der Waals surface area contributed by atoms with E-state index >= 15 is 0 Å². The van der Waals surface area contributed by atoms with Crippen LogP contribution >= 0.6 is 11.3 Å². The van der Waals surface area contributed by atoms with Gasteiger partial charge in [0.15, 0.2) is 0 Å². The van der Waals surface area contributed by atoms with Crippen molar-refractivity contribution in [1.29, 1.82) is 0 Å². The minimum atomic E-state index is 0.392. The Morgan fingerprint density at radius 1 is 0.812 bits per heavy atom. The van der Waals surface area contributed by atoms with Crippen molar-refractivity contribution in [2.45, 2.75) is 33.1 Å². The summed E-state index contributed by atoms with van der Waals surface area (Å²) in [4.78, 5) is 15.9. The van der Waals surface area contributed by atoms with Gasteiger partial charge in [-0.3, -0.25) is 0 Å². The molecule has 3 aromatic heterocycles. The molecule has 0 saturated carbocycles. The van der Waals surface area contributed by atoms with E-state index in [4.69, 9.17) is 0 Å². The third-order valence-electron chi connectivity index (χ3n) is 6.18. The normalized spacial score (nSPS) is 12.0. The summed E-state index contributed by atoms with van der Waals surface area (Å²) in [6, 6.07) is 17.9. The maximum atomic E-state index is 4.54. The van der Waals surface area contributed by atoms with Gasteiger partial charge in [-0.1, -0.05) is 57.2 Å². The zero-order valence-corrected chi connectivity index (χ0v) is 19.2. The van der Waals surface area contributed by atoms with Crippen LogP contribution in [0.1, 0.15) is 38.3 Å². The first-order valence-corrected chi connectivity index (χ1v) is 11.9. The van der Waals surface area contributed by atoms with Crippen molar-refractivity contribution < 1.29 is 0 Å². The number of fused-ring (bicyclic) bond motifs is 5. The number of benzene rings is 3. The van der Waals surface area contributed by atoms with Gasteiger partial charge in [-0.15, -0.1) is 11.3 Å². The summed E-state index contributed by atoms with van der Waals surface area (Å²) < 4.78 is 2.64. The van der Waals surface area contributed by atoms with Crippen LogP contribution in [0.3, 0.4) is 0 Å². The minimum absolute atomic E-state index is 0.392. The molecule has 6 rings (SSSR count). The highest BCUT2D eigenvalue weighted by Crippen LogP contribution is 2.40. The highest BCUT2D eigenvalue weighted by atomic mass is 32.1. The Balaban J connectivity index is 1.47. The predicted molar refractivity (Wildman–Crippen MR) is 135 cm³/mol. The number of nitrogens with zero attached hydrogens (tertiary/aromatic N) is 2. The van der Waals surface area contributed by atoms with Crippen LogP contribution in [0, 0.1) is 0 Å². The first-order valence-electron chi connectivity index (χ1n) is 11.1. The van der Waals surface area contributed by atoms with Gasteiger partial charge in [0.05, 0.1) is 23.8 Å². The van der Waals surface area contributed by atoms with Crippen molar-refractivity contribution in [3.05, 3.63) is 72.6 Å². The van der Waals surface area contributed by atoms with Crippen LogP contribution < -0.4 is 0 Å². The van der Waals surface area contributed by atoms with E-state index in [2.05, 4.69) is 89.2 Å². The van der Waals surface area contributed by atoms with Gasteiger partial charge in [-0.05, 0) is 22.9 Å². The van der Waals surface area contributed by atoms with Gasteiger partial charge in [0, 0.05) is 43.6 Å². The number of thiophene rings is 1. The largest absolute Gasteiger partial charge is 0.342 e. The second kappa shape index (κ2) is 7.31. The summed E-state index contributed by atoms with van der Waals surface area (Å²) in [5.74, 6) is 2.44. The summed E-state index contributed by atoms with van der Waals surface area (Å²) in [5, 5.41) is 5.18. The molecule has 32 heavy (non-hydrogen) atoms. The van der Waals surface area contributed by atoms with Gasteiger partial charge in [0.2, 0.25) is 0 Å². The lowest BCUT2D eigenvalue weighted by molar-refractivity contribution is 0.795. The molecular weight excluding hydrogens is 412 g/mol. The molecule has 0 fully saturated rings. The molecule has 0 unspecified atom stereocenters. The Kier molecular flexibility index (Phi) is 4.40. The van der Waals surface area contributed by atoms with Crippen molar-refractivity contribution in [3.8, 4) is 22.5 Å². The lowest BCUT2D eigenvalue weighted by Gasteiger charge is -2.03. The number of hydrogen-bond acceptors (Lipinski definition) is 3. The van der Waals surface area contributed by atoms with E-state index in [9.17, 15) is 0 Å². The number of H-pyrrole nitrogens is 2. The van der Waals surface area contributed by atoms with Crippen molar-refractivity contribution in [2.75, 3.05) is 0 Å². The summed E-state index contributed by atoms with van der Waals surface area (Å²) in [5.41, 5.74) is 4.51. The molecule has 0 aliphatic rings. The molecule has 158 valence electrons. The Labute approximate surface area is 190 Å². The third-order valence-corrected chi connectivity index (χ3v) is 7.38. The van der Waals surface area contributed by atoms with Gasteiger partial charge in [-0.2, -0.15) is 0 Å². The van der Waals surface area contributed by atoms with Crippen molar-refractivity contribution >= 4 is 42.3 Å². The van der Waals surface area contributed by atoms with Crippen LogP contribution in [0.25, 0.3) is 53.5 Å². The number of imidazole rings is 2. The summed E-state index contributed by atoms with van der Waals surface area (Å²) in [7, 11) is 0. The Morgan fingerprint density at radius 3 is 2.28 bits per heavy atom. The average Bonchev–Trinajstić information content (AvgIpc) is 3.56. The van der Waals surface area contributed by atoms with Crippen LogP contribution in [0.5, 0.6) is 0 Å². The highest BCUT2D eigenvalue weighted by molar-refractivity contribution is 7.26. The summed E-state index contributed by atoms with van der Waals surface area (Å²) in [6.45, 7) is 6.43. The zero-order valence-electron chi connectivity index (χ0n) is 18.4. The van der Waals surface area contributed by atoms with Crippen LogP contribution in [0.2, 0.25) is 0 Å². The van der Waals surface area contributed by atoms with Gasteiger partial charge in [0.1, 0.15) is 11.6 Å². The van der Waals surface area contributed by atoms with Gasteiger partial charge in [0.25, 0.3) is 0 Å². The standard InChI is InChI=1S/C27H24N4S/c1-4-25-28-13-22(30-25)17-6-8-19-16(11-17)5-10-21-20-9-7-18(12-24(20)32-26(19)21)23-14-29-27(31-23)15(2)3/h5-15H,4H2,1-3H3,(H,28,30)(H,29,31). The van der Waals surface area contributed by atoms with Gasteiger partial charge < -0.3 is 9.97 Å². The number of hydrogen-bond donors (Lipinski definition) is 2. The first-order chi connectivity index (χ1) is 15.6. The average molecular weight is 437 g/mol. The number of aryl methyl sites for hydroxylation is 1. The molecule has 3 aromatic carbocycles. The molecule has 0 bridgehead atoms. The Hall–Kier alpha value is -3.44. The van der Waals surface area contributed by atoms with E-state index in [-0.39, 0.29) is 0 Å². The van der Waals surface area contributed by atoms with Crippen molar-refractivity contribution in [2.24, 2.45) is 0 Å². The molecule has 0 radical (unpaired) electrons. The predicted octanol–water partition coefficient (Wildman–Crippen LogP) is 7.67. The molecule has 0 aliphatic heterocycles. The SMILES string of the molecule is CCc1ncc(-c2ccc3c(ccc4c5ccc(-c6cnc(C(C)C)[nH]6)cc5sc34)c2)[nH]1. The van der Waals surface area contributed by atoms with E-state index in [0.717, 1.165) is 29.5 Å². The summed E-state index contributed by atoms with van der Waals surface area (Å²) in [6.07, 6.45) is 4.79. The van der Waals surface area contributed by atoms with E-state index in [0.29, 0.717) is 5.92 Å². The smallest absolute Gasteiger partial charge is 0.109 e. The van der Waals surface area contributed by atoms with E-state index in [1.165, 1.54) is 42.1 Å². The third kappa shape index (κ3) is 3.04. The number of aromatic nitrogens is 4. The molecular formula is C27H24N4S. The van der Waals surface area contributed by atoms with Gasteiger partial charge in [-0.25, -0.2) is 9.97 Å². The van der Waals surface area contributed by atoms with E-state index in [1.54, 1.807) is 0 Å². The second-order valence-corrected chi connectivity index (χ2v) is 9.68. The summed E-state index contributed by atoms with van der Waals surface area (Å²) >= 11 is 1.87. The minimum Gasteiger partial charge on any atom is -0.342 e. The molecule has 0 spiro atoms. The lowest BCUT2D eigenvalue weighted by atomic mass is 10.0. The quantitative estimate of drug-likeness (QED) is 0.298. The fourth-order valence-electron chi connectivity index (χ4n) is 4.36.